The topological polar surface area (TPSA) is 138 Å². The maximum Gasteiger partial charge on any atom is 0.314 e. The molecule has 9 heavy (non-hydrogen) atoms. The van der Waals surface area contributed by atoms with Crippen LogP contribution in [0.1, 0.15) is 6.42 Å². The second-order valence-electron chi connectivity index (χ2n) is 0.964. The van der Waals surface area contributed by atoms with Crippen molar-refractivity contribution in [2.75, 3.05) is 0 Å². The molecule has 6 N–H and O–H groups in total. The lowest BCUT2D eigenvalue weighted by Crippen LogP contribution is -2.03. The van der Waals surface area contributed by atoms with E-state index >= 15 is 0 Å². The lowest BCUT2D eigenvalue weighted by Gasteiger charge is -1.80. The van der Waals surface area contributed by atoms with Crippen molar-refractivity contribution in [2.24, 2.45) is 0 Å². The predicted molar refractivity (Wildman–Crippen MR) is 27.1 cm³/mol. The molecule has 0 aliphatic rings. The molecule has 0 bridgehead atoms. The molecule has 0 aliphatic heterocycles. The van der Waals surface area contributed by atoms with Crippen molar-refractivity contribution in [3.05, 3.63) is 0 Å². The highest BCUT2D eigenvalue weighted by Crippen LogP contribution is 1.74. The van der Waals surface area contributed by atoms with Gasteiger partial charge in [-0.1, -0.05) is 0 Å². The highest BCUT2D eigenvalue weighted by atomic mass is 16.4. The third-order valence-corrected chi connectivity index (χ3v) is 0.302. The van der Waals surface area contributed by atoms with Gasteiger partial charge in [0.15, 0.2) is 0 Å². The molecule has 0 aromatic heterocycles. The smallest absolute Gasteiger partial charge is 0.314 e. The minimum Gasteiger partial charge on any atom is -0.481 e. The molecule has 0 saturated carbocycles. The number of carbonyl (C=O) groups is 2. The molecule has 6 nitrogen and oxygen atoms in total. The molecule has 0 atom stereocenters. The summed E-state index contributed by atoms with van der Waals surface area (Å²) in [4.78, 5) is 18.9. The zero-order valence-electron chi connectivity index (χ0n) is 4.42. The fourth-order valence-corrected chi connectivity index (χ4v) is 0.129. The zero-order chi connectivity index (χ0) is 5.86. The van der Waals surface area contributed by atoms with E-state index in [4.69, 9.17) is 10.2 Å². The van der Waals surface area contributed by atoms with Gasteiger partial charge in [-0.25, -0.2) is 0 Å². The van der Waals surface area contributed by atoms with E-state index in [0.29, 0.717) is 0 Å². The van der Waals surface area contributed by atoms with Gasteiger partial charge in [0.1, 0.15) is 6.42 Å². The first-order valence-corrected chi connectivity index (χ1v) is 1.56. The Morgan fingerprint density at radius 3 is 1.22 bits per heavy atom. The van der Waals surface area contributed by atoms with Crippen molar-refractivity contribution in [3.8, 4) is 0 Å². The lowest BCUT2D eigenvalue weighted by molar-refractivity contribution is -0.147. The number of rotatable bonds is 2. The van der Waals surface area contributed by atoms with Gasteiger partial charge in [0, 0.05) is 0 Å². The minimum atomic E-state index is -1.31. The number of aliphatic carboxylic acids is 2. The molecule has 0 aromatic carbocycles. The molecule has 0 spiro atoms. The van der Waals surface area contributed by atoms with E-state index in [0.717, 1.165) is 0 Å². The number of hydrogen-bond acceptors (Lipinski definition) is 2. The molecule has 0 saturated heterocycles. The Hall–Kier alpha value is -1.14. The van der Waals surface area contributed by atoms with Crippen molar-refractivity contribution in [1.29, 1.82) is 0 Å². The normalized spacial score (nSPS) is 6.22. The van der Waals surface area contributed by atoms with Gasteiger partial charge in [0.25, 0.3) is 0 Å². The Kier molecular flexibility index (Phi) is 11.9. The molecular weight excluding hydrogens is 132 g/mol. The van der Waals surface area contributed by atoms with Crippen LogP contribution in [0.25, 0.3) is 0 Å². The van der Waals surface area contributed by atoms with E-state index in [1.54, 1.807) is 0 Å². The van der Waals surface area contributed by atoms with Crippen LogP contribution in [0.3, 0.4) is 0 Å². The second-order valence-corrected chi connectivity index (χ2v) is 0.964. The van der Waals surface area contributed by atoms with Gasteiger partial charge in [-0.3, -0.25) is 9.59 Å². The fourth-order valence-electron chi connectivity index (χ4n) is 0.129. The molecule has 0 heterocycles. The maximum absolute atomic E-state index is 9.43. The third-order valence-electron chi connectivity index (χ3n) is 0.302. The zero-order valence-corrected chi connectivity index (χ0v) is 4.42. The summed E-state index contributed by atoms with van der Waals surface area (Å²) < 4.78 is 0. The van der Waals surface area contributed by atoms with E-state index in [1.165, 1.54) is 0 Å². The first kappa shape index (κ1) is 15.7. The minimum absolute atomic E-state index is 0. The first-order valence-electron chi connectivity index (χ1n) is 1.56. The van der Waals surface area contributed by atoms with Crippen molar-refractivity contribution in [1.82, 2.24) is 0 Å². The predicted octanol–water partition coefficient (Wildman–Crippen LogP) is -2.10. The molecule has 0 amide bonds. The highest BCUT2D eigenvalue weighted by Gasteiger charge is 2.01. The fraction of sp³-hybridized carbons (Fsp3) is 0.333. The van der Waals surface area contributed by atoms with Crippen LogP contribution in [-0.4, -0.2) is 33.1 Å². The SMILES string of the molecule is O.O.O=C(O)CC(=O)O. The van der Waals surface area contributed by atoms with Crippen LogP contribution >= 0.6 is 0 Å². The summed E-state index contributed by atoms with van der Waals surface area (Å²) in [6, 6.07) is 0. The number of hydrogen-bond donors (Lipinski definition) is 2. The molecule has 0 aromatic rings. The van der Waals surface area contributed by atoms with Crippen LogP contribution in [0, 0.1) is 0 Å². The number of carboxylic acids is 2. The molecule has 0 fully saturated rings. The molecule has 0 rings (SSSR count). The largest absolute Gasteiger partial charge is 0.481 e. The summed E-state index contributed by atoms with van der Waals surface area (Å²) in [5.74, 6) is -2.62. The molecular formula is C3H8O6. The quantitative estimate of drug-likeness (QED) is 0.424. The Morgan fingerprint density at radius 2 is 1.22 bits per heavy atom. The van der Waals surface area contributed by atoms with Crippen LogP contribution in [0.15, 0.2) is 0 Å². The van der Waals surface area contributed by atoms with Gasteiger partial charge in [0.2, 0.25) is 0 Å². The summed E-state index contributed by atoms with van der Waals surface area (Å²) in [5.41, 5.74) is 0. The molecule has 0 aliphatic carbocycles. The molecule has 0 unspecified atom stereocenters. The van der Waals surface area contributed by atoms with Gasteiger partial charge in [-0.15, -0.1) is 0 Å². The van der Waals surface area contributed by atoms with Gasteiger partial charge < -0.3 is 21.2 Å². The molecule has 6 heteroatoms. The van der Waals surface area contributed by atoms with E-state index in [-0.39, 0.29) is 11.0 Å². The average molecular weight is 140 g/mol. The monoisotopic (exact) mass is 140 g/mol. The van der Waals surface area contributed by atoms with E-state index < -0.39 is 18.4 Å². The standard InChI is InChI=1S/C3H4O4.2H2O/c4-2(5)1-3(6)7;;/h1H2,(H,4,5)(H,6,7);2*1H2. The molecule has 56 valence electrons. The molecule has 0 radical (unpaired) electrons. The lowest BCUT2D eigenvalue weighted by atomic mass is 10.5. The van der Waals surface area contributed by atoms with Gasteiger partial charge >= 0.3 is 11.9 Å². The van der Waals surface area contributed by atoms with Crippen LogP contribution in [0.4, 0.5) is 0 Å². The van der Waals surface area contributed by atoms with Crippen LogP contribution in [-0.2, 0) is 9.59 Å². The number of carboxylic acid groups (broad SMARTS) is 2. The van der Waals surface area contributed by atoms with E-state index in [9.17, 15) is 9.59 Å². The van der Waals surface area contributed by atoms with Crippen molar-refractivity contribution in [3.63, 3.8) is 0 Å². The van der Waals surface area contributed by atoms with Crippen LogP contribution in [0.5, 0.6) is 0 Å². The van der Waals surface area contributed by atoms with Gasteiger partial charge in [0.05, 0.1) is 0 Å². The van der Waals surface area contributed by atoms with E-state index in [1.807, 2.05) is 0 Å². The van der Waals surface area contributed by atoms with Gasteiger partial charge in [-0.2, -0.15) is 0 Å². The first-order chi connectivity index (χ1) is 3.13. The Balaban J connectivity index is -0.000000180. The van der Waals surface area contributed by atoms with Crippen molar-refractivity contribution < 1.29 is 30.8 Å². The Morgan fingerprint density at radius 1 is 1.00 bits per heavy atom. The van der Waals surface area contributed by atoms with Gasteiger partial charge in [-0.05, 0) is 0 Å². The van der Waals surface area contributed by atoms with Crippen molar-refractivity contribution >= 4 is 11.9 Å². The van der Waals surface area contributed by atoms with E-state index in [2.05, 4.69) is 0 Å². The van der Waals surface area contributed by atoms with Crippen LogP contribution in [0.2, 0.25) is 0 Å². The Labute approximate surface area is 50.3 Å². The summed E-state index contributed by atoms with van der Waals surface area (Å²) in [6.45, 7) is 0. The highest BCUT2D eigenvalue weighted by molar-refractivity contribution is 5.88. The summed E-state index contributed by atoms with van der Waals surface area (Å²) in [7, 11) is 0. The van der Waals surface area contributed by atoms with Crippen molar-refractivity contribution in [2.45, 2.75) is 6.42 Å². The maximum atomic E-state index is 9.43. The van der Waals surface area contributed by atoms with Crippen LogP contribution < -0.4 is 0 Å². The second kappa shape index (κ2) is 6.86. The summed E-state index contributed by atoms with van der Waals surface area (Å²) >= 11 is 0. The Bertz CT molecular complexity index is 84.5. The summed E-state index contributed by atoms with van der Waals surface area (Å²) in [5, 5.41) is 15.4. The summed E-state index contributed by atoms with van der Waals surface area (Å²) in [6.07, 6.45) is -0.806. The third kappa shape index (κ3) is 19.8. The average Bonchev–Trinajstić information content (AvgIpc) is 1.27.